The summed E-state index contributed by atoms with van der Waals surface area (Å²) in [4.78, 5) is 89.4. The highest BCUT2D eigenvalue weighted by molar-refractivity contribution is 7.66. The number of H-pyrrole nitrogens is 1. The Bertz CT molecular complexity index is 2010. The number of rotatable bonds is 15. The summed E-state index contributed by atoms with van der Waals surface area (Å²) >= 11 is 0. The van der Waals surface area contributed by atoms with Crippen LogP contribution in [0, 0.1) is 0 Å². The Hall–Kier alpha value is -4.01. The first-order valence-corrected chi connectivity index (χ1v) is 18.5. The third-order valence-electron chi connectivity index (χ3n) is 6.68. The molecule has 6 atom stereocenters. The minimum absolute atomic E-state index is 0.0171. The number of methoxy groups -OCH3 is 1. The first-order chi connectivity index (χ1) is 23.8. The number of aromatic amines is 1. The third-order valence-corrected chi connectivity index (χ3v) is 10.5. The molecule has 2 heterocycles. The van der Waals surface area contributed by atoms with E-state index in [0.717, 1.165) is 16.8 Å². The number of benzene rings is 2. The summed E-state index contributed by atoms with van der Waals surface area (Å²) in [6.07, 6.45) is -6.99. The van der Waals surface area contributed by atoms with Gasteiger partial charge in [0.05, 0.1) is 25.4 Å². The zero-order chi connectivity index (χ0) is 37.7. The molecule has 3 unspecified atom stereocenters. The predicted octanol–water partition coefficient (Wildman–Crippen LogP) is 1.52. The van der Waals surface area contributed by atoms with Crippen molar-refractivity contribution < 1.29 is 85.2 Å². The molecule has 2 aromatic carbocycles. The zero-order valence-corrected chi connectivity index (χ0v) is 28.5. The molecule has 0 radical (unpaired) electrons. The fourth-order valence-corrected chi connectivity index (χ4v) is 7.55. The maximum Gasteiger partial charge on any atom is 0.509 e. The van der Waals surface area contributed by atoms with E-state index in [1.54, 1.807) is 18.2 Å². The average Bonchev–Trinajstić information content (AvgIpc) is 3.40. The van der Waals surface area contributed by atoms with Crippen LogP contribution in [0.2, 0.25) is 0 Å². The van der Waals surface area contributed by atoms with E-state index < -0.39 is 90.8 Å². The van der Waals surface area contributed by atoms with Gasteiger partial charge >= 0.3 is 35.3 Å². The van der Waals surface area contributed by atoms with Gasteiger partial charge in [-0.15, -0.1) is 0 Å². The Morgan fingerprint density at radius 2 is 1.71 bits per heavy atom. The SMILES string of the molecule is COc1cc(O)cc(C(OC(=O)OCc2cn([C@H]3C[C@@H](O)[C@@H](COP(=O)(O)OP(=O)(O)OP(=O)(O)O)O3)c(=O)[nH]c2=O)C(=O)c2ccccc2)c1. The van der Waals surface area contributed by atoms with E-state index in [2.05, 4.69) is 13.1 Å². The second kappa shape index (κ2) is 16.1. The quantitative estimate of drug-likeness (QED) is 0.0652. The van der Waals surface area contributed by atoms with E-state index in [-0.39, 0.29) is 28.2 Å². The van der Waals surface area contributed by atoms with Crippen molar-refractivity contribution in [2.45, 2.75) is 37.6 Å². The van der Waals surface area contributed by atoms with Crippen LogP contribution in [0.25, 0.3) is 0 Å². The Morgan fingerprint density at radius 1 is 1.02 bits per heavy atom. The van der Waals surface area contributed by atoms with Gasteiger partial charge in [0.1, 0.15) is 30.4 Å². The molecule has 0 bridgehead atoms. The standard InChI is InChI=1S/C26H29N2O20P3/c1-42-18-8-15(7-17(29)9-18)23(22(31)14-5-3-2-4-6-14)46-26(34)43-12-16-11-28(25(33)27-24(16)32)21-10-19(30)20(45-21)13-44-50(38,39)48-51(40,41)47-49(35,36)37/h2-9,11,19-21,23,29-30H,10,12-13H2,1H3,(H,38,39)(H,40,41)(H,27,32,33)(H2,35,36,37)/t19-,20-,21-,23?/m1/s1. The van der Waals surface area contributed by atoms with Gasteiger partial charge in [-0.25, -0.2) is 23.3 Å². The lowest BCUT2D eigenvalue weighted by Gasteiger charge is -2.19. The van der Waals surface area contributed by atoms with Crippen LogP contribution in [-0.2, 0) is 47.7 Å². The van der Waals surface area contributed by atoms with Gasteiger partial charge in [-0.1, -0.05) is 30.3 Å². The number of ketones is 1. The number of phosphoric acid groups is 3. The van der Waals surface area contributed by atoms with E-state index in [1.807, 2.05) is 4.98 Å². The Morgan fingerprint density at radius 3 is 2.35 bits per heavy atom. The van der Waals surface area contributed by atoms with Crippen LogP contribution in [-0.4, -0.2) is 77.2 Å². The Balaban J connectivity index is 1.44. The highest BCUT2D eigenvalue weighted by atomic mass is 31.3. The van der Waals surface area contributed by atoms with Gasteiger partial charge in [0.15, 0.2) is 6.10 Å². The van der Waals surface area contributed by atoms with Gasteiger partial charge in [0.2, 0.25) is 5.78 Å². The summed E-state index contributed by atoms with van der Waals surface area (Å²) in [6.45, 7) is -1.86. The second-order valence-corrected chi connectivity index (χ2v) is 14.8. The molecule has 278 valence electrons. The number of nitrogens with zero attached hydrogens (tertiary/aromatic N) is 1. The van der Waals surface area contributed by atoms with Crippen molar-refractivity contribution in [2.75, 3.05) is 13.7 Å². The lowest BCUT2D eigenvalue weighted by atomic mass is 9.99. The van der Waals surface area contributed by atoms with Gasteiger partial charge in [-0.2, -0.15) is 8.62 Å². The molecule has 4 rings (SSSR count). The number of aliphatic hydroxyl groups is 1. The average molecular weight is 782 g/mol. The fraction of sp³-hybridized carbons (Fsp3) is 0.308. The molecule has 0 amide bonds. The molecule has 1 fully saturated rings. The van der Waals surface area contributed by atoms with Crippen LogP contribution in [0.4, 0.5) is 4.79 Å². The maximum atomic E-state index is 13.3. The number of carbonyl (C=O) groups excluding carboxylic acids is 2. The summed E-state index contributed by atoms with van der Waals surface area (Å²) < 4.78 is 67.7. The Kier molecular flexibility index (Phi) is 12.6. The van der Waals surface area contributed by atoms with Crippen LogP contribution in [0.5, 0.6) is 11.5 Å². The van der Waals surface area contributed by atoms with Crippen molar-refractivity contribution in [2.24, 2.45) is 0 Å². The number of phenolic OH excluding ortho intramolecular Hbond substituents is 1. The van der Waals surface area contributed by atoms with Crippen LogP contribution in [0.15, 0.2) is 64.3 Å². The van der Waals surface area contributed by atoms with Crippen LogP contribution in [0.3, 0.4) is 0 Å². The largest absolute Gasteiger partial charge is 0.509 e. The number of aliphatic hydroxyl groups excluding tert-OH is 1. The van der Waals surface area contributed by atoms with E-state index in [9.17, 15) is 52.9 Å². The number of hydrogen-bond donors (Lipinski definition) is 7. The van der Waals surface area contributed by atoms with Gasteiger partial charge in [-0.05, 0) is 12.1 Å². The normalized spacial score (nSPS) is 20.5. The number of nitrogens with one attached hydrogen (secondary N) is 1. The maximum absolute atomic E-state index is 13.3. The van der Waals surface area contributed by atoms with Gasteiger partial charge in [0.25, 0.3) is 5.56 Å². The summed E-state index contributed by atoms with van der Waals surface area (Å²) in [5.41, 5.74) is -2.28. The van der Waals surface area contributed by atoms with Gasteiger partial charge in [-0.3, -0.25) is 23.7 Å². The van der Waals surface area contributed by atoms with E-state index in [1.165, 1.54) is 31.4 Å². The molecule has 0 spiro atoms. The van der Waals surface area contributed by atoms with E-state index in [0.29, 0.717) is 0 Å². The summed E-state index contributed by atoms with van der Waals surface area (Å²) in [5.74, 6) is -0.875. The number of ether oxygens (including phenoxy) is 4. The molecule has 25 heteroatoms. The van der Waals surface area contributed by atoms with Gasteiger partial charge < -0.3 is 48.7 Å². The minimum atomic E-state index is -5.81. The van der Waals surface area contributed by atoms with Crippen molar-refractivity contribution in [3.05, 3.63) is 92.3 Å². The van der Waals surface area contributed by atoms with Crippen molar-refractivity contribution >= 4 is 35.4 Å². The number of carbonyl (C=O) groups is 2. The lowest BCUT2D eigenvalue weighted by molar-refractivity contribution is -0.0452. The molecule has 0 saturated carbocycles. The molecule has 22 nitrogen and oxygen atoms in total. The number of phosphoric ester groups is 1. The van der Waals surface area contributed by atoms with Crippen molar-refractivity contribution in [3.8, 4) is 11.5 Å². The highest BCUT2D eigenvalue weighted by Crippen LogP contribution is 2.66. The second-order valence-electron chi connectivity index (χ2n) is 10.4. The molecular weight excluding hydrogens is 753 g/mol. The molecule has 1 aromatic heterocycles. The van der Waals surface area contributed by atoms with Crippen molar-refractivity contribution in [1.82, 2.24) is 9.55 Å². The Labute approximate surface area is 285 Å². The summed E-state index contributed by atoms with van der Waals surface area (Å²) in [7, 11) is -15.7. The lowest BCUT2D eigenvalue weighted by Crippen LogP contribution is -2.34. The zero-order valence-electron chi connectivity index (χ0n) is 25.8. The molecule has 1 saturated heterocycles. The molecule has 3 aromatic rings. The topological polar surface area (TPSA) is 326 Å². The fourth-order valence-electron chi connectivity index (χ4n) is 4.52. The third kappa shape index (κ3) is 11.2. The van der Waals surface area contributed by atoms with E-state index >= 15 is 0 Å². The van der Waals surface area contributed by atoms with E-state index in [4.69, 9.17) is 28.7 Å². The number of Topliss-reactive ketones (excluding diaryl/α,β-unsaturated/α-hetero) is 1. The predicted molar refractivity (Wildman–Crippen MR) is 165 cm³/mol. The first-order valence-electron chi connectivity index (χ1n) is 14.0. The number of aromatic nitrogens is 2. The van der Waals surface area contributed by atoms with Crippen molar-refractivity contribution in [3.63, 3.8) is 0 Å². The molecule has 1 aliphatic heterocycles. The van der Waals surface area contributed by atoms with Crippen LogP contribution < -0.4 is 16.0 Å². The summed E-state index contributed by atoms with van der Waals surface area (Å²) in [6, 6.07) is 11.5. The monoisotopic (exact) mass is 782 g/mol. The smallest absolute Gasteiger partial charge is 0.508 e. The molecule has 0 aliphatic carbocycles. The first kappa shape index (κ1) is 39.8. The highest BCUT2D eigenvalue weighted by Gasteiger charge is 2.43. The minimum Gasteiger partial charge on any atom is -0.508 e. The number of aromatic hydroxyl groups is 1. The molecule has 7 N–H and O–H groups in total. The van der Waals surface area contributed by atoms with Crippen LogP contribution in [0.1, 0.15) is 40.2 Å². The molecule has 1 aliphatic rings. The van der Waals surface area contributed by atoms with Crippen LogP contribution >= 0.6 is 23.5 Å². The molecule has 51 heavy (non-hydrogen) atoms. The molecular formula is C26H29N2O20P3. The number of phenols is 1. The van der Waals surface area contributed by atoms with Gasteiger partial charge in [0, 0.05) is 29.8 Å². The number of hydrogen-bond acceptors (Lipinski definition) is 16. The van der Waals surface area contributed by atoms with Crippen molar-refractivity contribution in [1.29, 1.82) is 0 Å². The summed E-state index contributed by atoms with van der Waals surface area (Å²) in [5, 5.41) is 20.5.